The van der Waals surface area contributed by atoms with Gasteiger partial charge in [0.05, 0.1) is 24.3 Å². The van der Waals surface area contributed by atoms with Gasteiger partial charge >= 0.3 is 0 Å². The van der Waals surface area contributed by atoms with Crippen LogP contribution in [-0.4, -0.2) is 25.9 Å². The minimum Gasteiger partial charge on any atom is -0.405 e. The van der Waals surface area contributed by atoms with Crippen LogP contribution in [-0.2, 0) is 10.0 Å². The maximum atomic E-state index is 7.26. The summed E-state index contributed by atoms with van der Waals surface area (Å²) in [5.41, 5.74) is 5.03. The van der Waals surface area contributed by atoms with Crippen LogP contribution in [0.25, 0.3) is 0 Å². The second-order valence-electron chi connectivity index (χ2n) is 11.8. The van der Waals surface area contributed by atoms with Crippen LogP contribution in [0.5, 0.6) is 0 Å². The molecule has 0 aliphatic carbocycles. The third-order valence-corrected chi connectivity index (χ3v) is 8.56. The lowest BCUT2D eigenvalue weighted by molar-refractivity contribution is 0.138. The van der Waals surface area contributed by atoms with Gasteiger partial charge in [0.15, 0.2) is 9.76 Å². The third-order valence-electron chi connectivity index (χ3n) is 7.12. The minimum atomic E-state index is -0.949. The SMILES string of the molecule is CC(C)(C)[SiH2]OC(c1ccccc1)(c1ccccc1)c1cncn1C1c2ccccc2NCC1(C)C. The Hall–Kier alpha value is -3.15. The van der Waals surface area contributed by atoms with E-state index in [1.54, 1.807) is 0 Å². The molecule has 0 saturated carbocycles. The van der Waals surface area contributed by atoms with E-state index in [2.05, 4.69) is 129 Å². The molecule has 1 aliphatic heterocycles. The van der Waals surface area contributed by atoms with Crippen molar-refractivity contribution in [1.29, 1.82) is 0 Å². The van der Waals surface area contributed by atoms with Crippen molar-refractivity contribution < 1.29 is 4.43 Å². The van der Waals surface area contributed by atoms with Crippen molar-refractivity contribution in [2.75, 3.05) is 11.9 Å². The van der Waals surface area contributed by atoms with Crippen LogP contribution in [0.15, 0.2) is 97.5 Å². The normalized spacial score (nSPS) is 17.6. The van der Waals surface area contributed by atoms with Gasteiger partial charge in [-0.3, -0.25) is 0 Å². The van der Waals surface area contributed by atoms with E-state index >= 15 is 0 Å². The summed E-state index contributed by atoms with van der Waals surface area (Å²) in [5.74, 6) is 0. The Morgan fingerprint density at radius 1 is 0.889 bits per heavy atom. The number of fused-ring (bicyclic) bond motifs is 1. The molecule has 0 fully saturated rings. The lowest BCUT2D eigenvalue weighted by Crippen LogP contribution is -2.43. The van der Waals surface area contributed by atoms with E-state index in [1.165, 1.54) is 11.3 Å². The number of hydrogen-bond acceptors (Lipinski definition) is 3. The Labute approximate surface area is 217 Å². The fourth-order valence-electron chi connectivity index (χ4n) is 5.42. The molecule has 1 unspecified atom stereocenters. The van der Waals surface area contributed by atoms with Crippen molar-refractivity contribution in [3.8, 4) is 0 Å². The molecule has 1 atom stereocenters. The van der Waals surface area contributed by atoms with Gasteiger partial charge in [0.2, 0.25) is 0 Å². The number of imidazole rings is 1. The largest absolute Gasteiger partial charge is 0.405 e. The van der Waals surface area contributed by atoms with Gasteiger partial charge in [-0.15, -0.1) is 0 Å². The first kappa shape index (κ1) is 24.5. The van der Waals surface area contributed by atoms with Gasteiger partial charge in [-0.2, -0.15) is 0 Å². The van der Waals surface area contributed by atoms with Gasteiger partial charge in [-0.25, -0.2) is 4.98 Å². The zero-order valence-electron chi connectivity index (χ0n) is 22.0. The third kappa shape index (κ3) is 4.42. The average Bonchev–Trinajstić information content (AvgIpc) is 3.34. The highest BCUT2D eigenvalue weighted by atomic mass is 28.2. The molecule has 0 amide bonds. The summed E-state index contributed by atoms with van der Waals surface area (Å²) in [6, 6.07) is 30.2. The Morgan fingerprint density at radius 3 is 2.08 bits per heavy atom. The van der Waals surface area contributed by atoms with E-state index in [0.29, 0.717) is 0 Å². The van der Waals surface area contributed by atoms with Crippen molar-refractivity contribution in [2.24, 2.45) is 5.41 Å². The van der Waals surface area contributed by atoms with E-state index in [4.69, 9.17) is 9.41 Å². The van der Waals surface area contributed by atoms with Crippen molar-refractivity contribution in [2.45, 2.75) is 51.3 Å². The molecule has 1 N–H and O–H groups in total. The summed E-state index contributed by atoms with van der Waals surface area (Å²) in [4.78, 5) is 4.78. The number of nitrogens with one attached hydrogen (secondary N) is 1. The second kappa shape index (κ2) is 9.38. The van der Waals surface area contributed by atoms with Gasteiger partial charge in [-0.05, 0) is 27.8 Å². The van der Waals surface area contributed by atoms with E-state index in [9.17, 15) is 0 Å². The molecule has 0 bridgehead atoms. The Balaban J connectivity index is 1.79. The molecule has 186 valence electrons. The maximum Gasteiger partial charge on any atom is 0.169 e. The van der Waals surface area contributed by atoms with E-state index in [-0.39, 0.29) is 16.5 Å². The van der Waals surface area contributed by atoms with Crippen LogP contribution in [0, 0.1) is 5.41 Å². The zero-order chi connectivity index (χ0) is 25.4. The molecule has 5 rings (SSSR count). The van der Waals surface area contributed by atoms with Gasteiger partial charge in [0, 0.05) is 17.6 Å². The molecule has 0 saturated heterocycles. The Bertz CT molecular complexity index is 1270. The highest BCUT2D eigenvalue weighted by Gasteiger charge is 2.45. The molecule has 4 aromatic rings. The monoisotopic (exact) mass is 495 g/mol. The molecule has 0 radical (unpaired) electrons. The zero-order valence-corrected chi connectivity index (χ0v) is 23.4. The van der Waals surface area contributed by atoms with Crippen LogP contribution < -0.4 is 5.32 Å². The fraction of sp³-hybridized carbons (Fsp3) is 0.323. The standard InChI is InChI=1S/C31H37N3OSi/c1-29(2,3)36-35-31(23-14-8-6-9-15-23,24-16-10-7-11-17-24)27-20-32-22-34(27)28-25-18-12-13-19-26(25)33-21-30(28,4)5/h6-20,22,28,33H,21,36H2,1-5H3. The molecule has 36 heavy (non-hydrogen) atoms. The first-order valence-corrected chi connectivity index (χ1v) is 14.1. The molecule has 3 aromatic carbocycles. The smallest absolute Gasteiger partial charge is 0.169 e. The van der Waals surface area contributed by atoms with Crippen LogP contribution >= 0.6 is 0 Å². The Morgan fingerprint density at radius 2 is 1.47 bits per heavy atom. The van der Waals surface area contributed by atoms with Gasteiger partial charge in [0.25, 0.3) is 0 Å². The number of para-hydroxylation sites is 1. The number of hydrogen-bond donors (Lipinski definition) is 1. The van der Waals surface area contributed by atoms with Crippen molar-refractivity contribution >= 4 is 15.5 Å². The van der Waals surface area contributed by atoms with Crippen molar-refractivity contribution in [1.82, 2.24) is 9.55 Å². The lowest BCUT2D eigenvalue weighted by Gasteiger charge is -2.45. The predicted molar refractivity (Wildman–Crippen MR) is 151 cm³/mol. The average molecular weight is 496 g/mol. The van der Waals surface area contributed by atoms with Gasteiger partial charge in [-0.1, -0.05) is 113 Å². The summed E-state index contributed by atoms with van der Waals surface area (Å²) >= 11 is 0. The molecule has 5 heteroatoms. The van der Waals surface area contributed by atoms with Crippen LogP contribution in [0.3, 0.4) is 0 Å². The first-order chi connectivity index (χ1) is 17.2. The van der Waals surface area contributed by atoms with E-state index < -0.39 is 15.4 Å². The molecular weight excluding hydrogens is 458 g/mol. The number of aromatic nitrogens is 2. The minimum absolute atomic E-state index is 0.0373. The van der Waals surface area contributed by atoms with Crippen molar-refractivity contribution in [3.63, 3.8) is 0 Å². The summed E-state index contributed by atoms with van der Waals surface area (Å²) < 4.78 is 9.65. The summed E-state index contributed by atoms with van der Waals surface area (Å²) in [7, 11) is -0.949. The van der Waals surface area contributed by atoms with Crippen LogP contribution in [0.4, 0.5) is 5.69 Å². The topological polar surface area (TPSA) is 39.1 Å². The first-order valence-electron chi connectivity index (χ1n) is 12.8. The maximum absolute atomic E-state index is 7.26. The molecule has 1 aromatic heterocycles. The lowest BCUT2D eigenvalue weighted by atomic mass is 9.76. The van der Waals surface area contributed by atoms with Crippen LogP contribution in [0.2, 0.25) is 5.04 Å². The summed E-state index contributed by atoms with van der Waals surface area (Å²) in [6.07, 6.45) is 4.03. The highest BCUT2D eigenvalue weighted by molar-refractivity contribution is 6.32. The molecular formula is C31H37N3OSi. The number of anilines is 1. The Kier molecular flexibility index (Phi) is 6.39. The van der Waals surface area contributed by atoms with Gasteiger partial charge in [0.1, 0.15) is 5.60 Å². The highest BCUT2D eigenvalue weighted by Crippen LogP contribution is 2.48. The van der Waals surface area contributed by atoms with E-state index in [1.807, 2.05) is 12.5 Å². The van der Waals surface area contributed by atoms with Crippen LogP contribution in [0.1, 0.15) is 63.0 Å². The number of benzene rings is 3. The molecule has 0 spiro atoms. The summed E-state index contributed by atoms with van der Waals surface area (Å²) in [5, 5.41) is 3.78. The van der Waals surface area contributed by atoms with Gasteiger partial charge < -0.3 is 14.3 Å². The molecule has 1 aliphatic rings. The number of rotatable bonds is 6. The molecule has 2 heterocycles. The van der Waals surface area contributed by atoms with E-state index in [0.717, 1.165) is 23.4 Å². The quantitative estimate of drug-likeness (QED) is 0.309. The van der Waals surface area contributed by atoms with Crippen molar-refractivity contribution in [3.05, 3.63) is 120 Å². The predicted octanol–water partition coefficient (Wildman–Crippen LogP) is 6.53. The molecule has 4 nitrogen and oxygen atoms in total. The number of nitrogens with zero attached hydrogens (tertiary/aromatic N) is 2. The fourth-order valence-corrected chi connectivity index (χ4v) is 6.55. The summed E-state index contributed by atoms with van der Waals surface area (Å²) in [6.45, 7) is 12.4. The second-order valence-corrected chi connectivity index (χ2v) is 14.5.